The first-order chi connectivity index (χ1) is 6.66. The lowest BCUT2D eigenvalue weighted by atomic mass is 9.89. The summed E-state index contributed by atoms with van der Waals surface area (Å²) < 4.78 is 0. The Balaban J connectivity index is 4.47. The quantitative estimate of drug-likeness (QED) is 0.701. The van der Waals surface area contributed by atoms with Crippen LogP contribution in [0.1, 0.15) is 27.7 Å². The Kier molecular flexibility index (Phi) is 4.74. The van der Waals surface area contributed by atoms with Crippen LogP contribution in [-0.4, -0.2) is 42.7 Å². The van der Waals surface area contributed by atoms with Gasteiger partial charge in [0.25, 0.3) is 0 Å². The third-order valence-corrected chi connectivity index (χ3v) is 2.53. The molecule has 0 bridgehead atoms. The van der Waals surface area contributed by atoms with Crippen molar-refractivity contribution in [2.45, 2.75) is 27.7 Å². The van der Waals surface area contributed by atoms with Gasteiger partial charge in [-0.05, 0) is 13.8 Å². The Bertz CT molecular complexity index is 225. The minimum absolute atomic E-state index is 0.0199. The van der Waals surface area contributed by atoms with Crippen LogP contribution in [0.4, 0.5) is 0 Å². The smallest absolute Gasteiger partial charge is 0.229 e. The van der Waals surface area contributed by atoms with Crippen molar-refractivity contribution in [1.82, 2.24) is 4.90 Å². The molecule has 0 spiro atoms. The van der Waals surface area contributed by atoms with Gasteiger partial charge in [-0.3, -0.25) is 4.79 Å². The average Bonchev–Trinajstić information content (AvgIpc) is 2.16. The van der Waals surface area contributed by atoms with Crippen molar-refractivity contribution in [2.75, 3.05) is 26.7 Å². The molecule has 0 rings (SSSR count). The summed E-state index contributed by atoms with van der Waals surface area (Å²) in [5, 5.41) is 9.12. The fraction of sp³-hybridized carbons (Fsp3) is 0.909. The van der Waals surface area contributed by atoms with Crippen LogP contribution in [0.2, 0.25) is 0 Å². The number of aliphatic hydroxyl groups is 1. The van der Waals surface area contributed by atoms with Gasteiger partial charge >= 0.3 is 0 Å². The van der Waals surface area contributed by atoms with Crippen LogP contribution in [0.15, 0.2) is 0 Å². The van der Waals surface area contributed by atoms with Gasteiger partial charge in [-0.2, -0.15) is 0 Å². The molecule has 0 aromatic carbocycles. The average molecular weight is 216 g/mol. The molecule has 3 N–H and O–H groups in total. The van der Waals surface area contributed by atoms with E-state index in [9.17, 15) is 4.79 Å². The van der Waals surface area contributed by atoms with Crippen molar-refractivity contribution in [3.8, 4) is 0 Å². The summed E-state index contributed by atoms with van der Waals surface area (Å²) in [6, 6.07) is 0. The highest BCUT2D eigenvalue weighted by Gasteiger charge is 2.31. The molecule has 0 atom stereocenters. The summed E-state index contributed by atoms with van der Waals surface area (Å²) in [5.74, 6) is 0.0199. The number of aliphatic hydroxyl groups excluding tert-OH is 1. The maximum atomic E-state index is 12.0. The van der Waals surface area contributed by atoms with Gasteiger partial charge in [0.05, 0.1) is 5.41 Å². The minimum atomic E-state index is -0.527. The van der Waals surface area contributed by atoms with Crippen molar-refractivity contribution in [3.05, 3.63) is 0 Å². The molecule has 0 aliphatic heterocycles. The zero-order valence-corrected chi connectivity index (χ0v) is 10.5. The zero-order chi connectivity index (χ0) is 12.3. The second-order valence-corrected chi connectivity index (χ2v) is 5.57. The third-order valence-electron chi connectivity index (χ3n) is 2.53. The van der Waals surface area contributed by atoms with E-state index < -0.39 is 5.41 Å². The van der Waals surface area contributed by atoms with E-state index >= 15 is 0 Å². The molecule has 0 radical (unpaired) electrons. The number of carbonyl (C=O) groups is 1. The maximum Gasteiger partial charge on any atom is 0.229 e. The lowest BCUT2D eigenvalue weighted by molar-refractivity contribution is -0.140. The number of nitrogens with zero attached hydrogens (tertiary/aromatic N) is 1. The molecule has 0 aromatic rings. The number of hydrogen-bond donors (Lipinski definition) is 2. The molecule has 0 aliphatic carbocycles. The molecule has 0 saturated carbocycles. The summed E-state index contributed by atoms with van der Waals surface area (Å²) in [5.41, 5.74) is 4.75. The molecule has 4 nitrogen and oxygen atoms in total. The van der Waals surface area contributed by atoms with Gasteiger partial charge in [-0.25, -0.2) is 0 Å². The van der Waals surface area contributed by atoms with E-state index in [0.717, 1.165) is 0 Å². The molecule has 1 amide bonds. The number of hydrogen-bond acceptors (Lipinski definition) is 3. The minimum Gasteiger partial charge on any atom is -0.396 e. The molecular formula is C11H24N2O2. The van der Waals surface area contributed by atoms with Crippen LogP contribution in [0.3, 0.4) is 0 Å². The highest BCUT2D eigenvalue weighted by molar-refractivity contribution is 5.82. The maximum absolute atomic E-state index is 12.0. The summed E-state index contributed by atoms with van der Waals surface area (Å²) in [6.45, 7) is 8.43. The van der Waals surface area contributed by atoms with Crippen LogP contribution >= 0.6 is 0 Å². The van der Waals surface area contributed by atoms with Crippen LogP contribution in [0, 0.1) is 10.8 Å². The second-order valence-electron chi connectivity index (χ2n) is 5.57. The van der Waals surface area contributed by atoms with Crippen molar-refractivity contribution < 1.29 is 9.90 Å². The fourth-order valence-corrected chi connectivity index (χ4v) is 1.37. The van der Waals surface area contributed by atoms with Crippen molar-refractivity contribution in [2.24, 2.45) is 16.6 Å². The molecule has 0 aliphatic rings. The van der Waals surface area contributed by atoms with Gasteiger partial charge in [0.15, 0.2) is 0 Å². The van der Waals surface area contributed by atoms with Gasteiger partial charge in [0.1, 0.15) is 0 Å². The molecule has 15 heavy (non-hydrogen) atoms. The van der Waals surface area contributed by atoms with Gasteiger partial charge in [-0.15, -0.1) is 0 Å². The van der Waals surface area contributed by atoms with E-state index in [-0.39, 0.29) is 17.9 Å². The van der Waals surface area contributed by atoms with Gasteiger partial charge in [-0.1, -0.05) is 13.8 Å². The van der Waals surface area contributed by atoms with Crippen LogP contribution in [0.5, 0.6) is 0 Å². The number of carbonyl (C=O) groups excluding carboxylic acids is 1. The Hall–Kier alpha value is -0.610. The van der Waals surface area contributed by atoms with Crippen LogP contribution in [0.25, 0.3) is 0 Å². The van der Waals surface area contributed by atoms with E-state index in [2.05, 4.69) is 0 Å². The van der Waals surface area contributed by atoms with Crippen molar-refractivity contribution >= 4 is 5.91 Å². The number of rotatable bonds is 5. The highest BCUT2D eigenvalue weighted by Crippen LogP contribution is 2.20. The predicted octanol–water partition coefficient (Wildman–Crippen LogP) is 0.448. The lowest BCUT2D eigenvalue weighted by Gasteiger charge is -2.33. The monoisotopic (exact) mass is 216 g/mol. The number of amides is 1. The molecule has 0 saturated heterocycles. The molecule has 4 heteroatoms. The van der Waals surface area contributed by atoms with Crippen molar-refractivity contribution in [1.29, 1.82) is 0 Å². The summed E-state index contributed by atoms with van der Waals surface area (Å²) >= 11 is 0. The Morgan fingerprint density at radius 1 is 1.33 bits per heavy atom. The number of nitrogens with two attached hydrogens (primary N) is 1. The summed E-state index contributed by atoms with van der Waals surface area (Å²) in [7, 11) is 1.75. The highest BCUT2D eigenvalue weighted by atomic mass is 16.3. The molecule has 0 unspecified atom stereocenters. The lowest BCUT2D eigenvalue weighted by Crippen LogP contribution is -2.46. The molecule has 0 fully saturated rings. The molecular weight excluding hydrogens is 192 g/mol. The Morgan fingerprint density at radius 3 is 2.13 bits per heavy atom. The summed E-state index contributed by atoms with van der Waals surface area (Å²) in [4.78, 5) is 13.6. The van der Waals surface area contributed by atoms with E-state index in [1.807, 2.05) is 27.7 Å². The first kappa shape index (κ1) is 14.4. The van der Waals surface area contributed by atoms with Gasteiger partial charge < -0.3 is 15.7 Å². The van der Waals surface area contributed by atoms with Gasteiger partial charge in [0, 0.05) is 32.2 Å². The van der Waals surface area contributed by atoms with Crippen LogP contribution in [-0.2, 0) is 4.79 Å². The first-order valence-electron chi connectivity index (χ1n) is 5.23. The predicted molar refractivity (Wildman–Crippen MR) is 61.3 cm³/mol. The molecule has 90 valence electrons. The fourth-order valence-electron chi connectivity index (χ4n) is 1.37. The largest absolute Gasteiger partial charge is 0.396 e. The SMILES string of the molecule is CN(CC(C)(C)CO)C(=O)C(C)(C)CN. The van der Waals surface area contributed by atoms with Crippen molar-refractivity contribution in [3.63, 3.8) is 0 Å². The Morgan fingerprint density at radius 2 is 1.80 bits per heavy atom. The summed E-state index contributed by atoms with van der Waals surface area (Å²) in [6.07, 6.45) is 0. The third kappa shape index (κ3) is 4.18. The van der Waals surface area contributed by atoms with E-state index in [1.165, 1.54) is 0 Å². The van der Waals surface area contributed by atoms with E-state index in [0.29, 0.717) is 13.1 Å². The molecule has 0 aromatic heterocycles. The van der Waals surface area contributed by atoms with Crippen LogP contribution < -0.4 is 5.73 Å². The topological polar surface area (TPSA) is 66.6 Å². The standard InChI is InChI=1S/C11H24N2O2/c1-10(2,8-14)7-13(5)9(15)11(3,4)6-12/h14H,6-8,12H2,1-5H3. The van der Waals surface area contributed by atoms with Gasteiger partial charge in [0.2, 0.25) is 5.91 Å². The van der Waals surface area contributed by atoms with E-state index in [4.69, 9.17) is 10.8 Å². The second kappa shape index (κ2) is 4.94. The first-order valence-corrected chi connectivity index (χ1v) is 5.23. The Labute approximate surface area is 92.4 Å². The normalized spacial score (nSPS) is 12.7. The molecule has 0 heterocycles. The van der Waals surface area contributed by atoms with E-state index in [1.54, 1.807) is 11.9 Å². The zero-order valence-electron chi connectivity index (χ0n) is 10.5.